The Morgan fingerprint density at radius 2 is 1.82 bits per heavy atom. The van der Waals surface area contributed by atoms with Crippen LogP contribution in [-0.2, 0) is 35.1 Å². The van der Waals surface area contributed by atoms with E-state index in [1.807, 2.05) is 52.0 Å². The van der Waals surface area contributed by atoms with E-state index in [1.165, 1.54) is 0 Å². The highest BCUT2D eigenvalue weighted by Gasteiger charge is 2.52. The normalized spacial score (nSPS) is 29.5. The first kappa shape index (κ1) is 21.2. The average molecular weight is 394 g/mol. The minimum Gasteiger partial charge on any atom is -0.497 e. The van der Waals surface area contributed by atoms with Crippen molar-refractivity contribution in [2.75, 3.05) is 13.7 Å². The van der Waals surface area contributed by atoms with E-state index in [4.69, 9.17) is 28.4 Å². The van der Waals surface area contributed by atoms with Crippen LogP contribution in [0.3, 0.4) is 0 Å². The number of carbonyl (C=O) groups excluding carboxylic acids is 1. The molecule has 0 aliphatic carbocycles. The van der Waals surface area contributed by atoms with Crippen molar-refractivity contribution in [3.05, 3.63) is 29.8 Å². The molecule has 28 heavy (non-hydrogen) atoms. The molecule has 1 aromatic rings. The summed E-state index contributed by atoms with van der Waals surface area (Å²) in [4.78, 5) is 11.3. The van der Waals surface area contributed by atoms with Crippen molar-refractivity contribution in [1.29, 1.82) is 0 Å². The van der Waals surface area contributed by atoms with E-state index in [1.54, 1.807) is 7.11 Å². The molecule has 0 spiro atoms. The average Bonchev–Trinajstić information content (AvgIpc) is 3.17. The third-order valence-electron chi connectivity index (χ3n) is 4.88. The summed E-state index contributed by atoms with van der Waals surface area (Å²) >= 11 is 0. The highest BCUT2D eigenvalue weighted by atomic mass is 16.8. The molecule has 2 aliphatic rings. The largest absolute Gasteiger partial charge is 0.497 e. The molecular weight excluding hydrogens is 364 g/mol. The lowest BCUT2D eigenvalue weighted by Gasteiger charge is -2.28. The molecular formula is C21H30O7. The molecule has 7 nitrogen and oxygen atoms in total. The van der Waals surface area contributed by atoms with Crippen LogP contribution < -0.4 is 4.74 Å². The summed E-state index contributed by atoms with van der Waals surface area (Å²) in [6.45, 7) is 8.19. The van der Waals surface area contributed by atoms with Gasteiger partial charge in [0.2, 0.25) is 0 Å². The molecule has 7 heteroatoms. The first-order valence-electron chi connectivity index (χ1n) is 9.58. The Hall–Kier alpha value is -1.51. The number of ether oxygens (including phenoxy) is 6. The standard InChI is InChI=1S/C21H30O7/c1-20(2)25-13-17(26-20)19-18(27-21(3,4)28-19)16(10-11-22)24-12-14-6-8-15(23-5)9-7-14/h6-9,11,16-19H,10,12-13H2,1-5H3/t16-,17-,18-,19-/m1/s1. The quantitative estimate of drug-likeness (QED) is 0.628. The Balaban J connectivity index is 1.71. The SMILES string of the molecule is COc1ccc(CO[C@H](CC=O)[C@H]2OC(C)(C)O[C@@H]2[C@H]2COC(C)(C)O2)cc1. The summed E-state index contributed by atoms with van der Waals surface area (Å²) in [5, 5.41) is 0. The van der Waals surface area contributed by atoms with E-state index in [2.05, 4.69) is 0 Å². The Morgan fingerprint density at radius 3 is 2.39 bits per heavy atom. The van der Waals surface area contributed by atoms with Gasteiger partial charge in [-0.15, -0.1) is 0 Å². The van der Waals surface area contributed by atoms with Crippen LogP contribution in [0, 0.1) is 0 Å². The van der Waals surface area contributed by atoms with E-state index in [0.717, 1.165) is 17.6 Å². The van der Waals surface area contributed by atoms with Gasteiger partial charge in [0.05, 0.1) is 26.4 Å². The van der Waals surface area contributed by atoms with Crippen molar-refractivity contribution in [3.63, 3.8) is 0 Å². The Kier molecular flexibility index (Phi) is 6.41. The molecule has 0 saturated carbocycles. The van der Waals surface area contributed by atoms with Crippen molar-refractivity contribution in [2.45, 2.75) is 76.7 Å². The Labute approximate surface area is 166 Å². The van der Waals surface area contributed by atoms with Gasteiger partial charge < -0.3 is 33.2 Å². The van der Waals surface area contributed by atoms with E-state index in [9.17, 15) is 4.79 Å². The zero-order valence-electron chi connectivity index (χ0n) is 17.2. The molecule has 2 aliphatic heterocycles. The third-order valence-corrected chi connectivity index (χ3v) is 4.88. The summed E-state index contributed by atoms with van der Waals surface area (Å²) in [7, 11) is 1.63. The Morgan fingerprint density at radius 1 is 1.11 bits per heavy atom. The number of rotatable bonds is 8. The highest BCUT2D eigenvalue weighted by Crippen LogP contribution is 2.38. The lowest BCUT2D eigenvalue weighted by Crippen LogP contribution is -2.45. The van der Waals surface area contributed by atoms with Gasteiger partial charge in [-0.25, -0.2) is 0 Å². The molecule has 4 atom stereocenters. The van der Waals surface area contributed by atoms with Gasteiger partial charge in [0.1, 0.15) is 30.3 Å². The summed E-state index contributed by atoms with van der Waals surface area (Å²) < 4.78 is 35.2. The van der Waals surface area contributed by atoms with Crippen LogP contribution in [0.4, 0.5) is 0 Å². The zero-order valence-corrected chi connectivity index (χ0v) is 17.2. The van der Waals surface area contributed by atoms with Gasteiger partial charge in [-0.05, 0) is 45.4 Å². The van der Waals surface area contributed by atoms with Crippen molar-refractivity contribution >= 4 is 6.29 Å². The fourth-order valence-electron chi connectivity index (χ4n) is 3.59. The van der Waals surface area contributed by atoms with Crippen LogP contribution in [-0.4, -0.2) is 56.0 Å². The second-order valence-electron chi connectivity index (χ2n) is 8.03. The summed E-state index contributed by atoms with van der Waals surface area (Å²) in [6.07, 6.45) is -0.536. The van der Waals surface area contributed by atoms with Crippen LogP contribution >= 0.6 is 0 Å². The first-order valence-corrected chi connectivity index (χ1v) is 9.58. The van der Waals surface area contributed by atoms with Gasteiger partial charge in [0, 0.05) is 6.42 Å². The number of benzene rings is 1. The number of hydrogen-bond donors (Lipinski definition) is 0. The Bertz CT molecular complexity index is 655. The maximum Gasteiger partial charge on any atom is 0.164 e. The molecule has 1 aromatic carbocycles. The minimum atomic E-state index is -0.796. The van der Waals surface area contributed by atoms with Gasteiger partial charge >= 0.3 is 0 Å². The van der Waals surface area contributed by atoms with Crippen LogP contribution in [0.2, 0.25) is 0 Å². The fourth-order valence-corrected chi connectivity index (χ4v) is 3.59. The van der Waals surface area contributed by atoms with E-state index < -0.39 is 29.9 Å². The topological polar surface area (TPSA) is 72.5 Å². The molecule has 0 amide bonds. The van der Waals surface area contributed by atoms with Crippen LogP contribution in [0.5, 0.6) is 5.75 Å². The second-order valence-corrected chi connectivity index (χ2v) is 8.03. The molecule has 2 heterocycles. The number of carbonyl (C=O) groups is 1. The molecule has 2 saturated heterocycles. The van der Waals surface area contributed by atoms with Gasteiger partial charge in [-0.2, -0.15) is 0 Å². The lowest BCUT2D eigenvalue weighted by atomic mass is 10.0. The minimum absolute atomic E-state index is 0.202. The monoisotopic (exact) mass is 394 g/mol. The predicted octanol–water partition coefficient (Wildman–Crippen LogP) is 2.84. The molecule has 0 bridgehead atoms. The van der Waals surface area contributed by atoms with Crippen LogP contribution in [0.15, 0.2) is 24.3 Å². The predicted molar refractivity (Wildman–Crippen MR) is 101 cm³/mol. The van der Waals surface area contributed by atoms with E-state index >= 15 is 0 Å². The molecule has 2 fully saturated rings. The van der Waals surface area contributed by atoms with Crippen molar-refractivity contribution in [1.82, 2.24) is 0 Å². The molecule has 0 radical (unpaired) electrons. The maximum atomic E-state index is 11.3. The molecule has 0 unspecified atom stereocenters. The zero-order chi connectivity index (χ0) is 20.4. The summed E-state index contributed by atoms with van der Waals surface area (Å²) in [5.41, 5.74) is 0.980. The lowest BCUT2D eigenvalue weighted by molar-refractivity contribution is -0.175. The van der Waals surface area contributed by atoms with E-state index in [-0.39, 0.29) is 12.5 Å². The van der Waals surface area contributed by atoms with Gasteiger partial charge in [-0.1, -0.05) is 12.1 Å². The molecule has 3 rings (SSSR count). The highest BCUT2D eigenvalue weighted by molar-refractivity contribution is 5.50. The first-order chi connectivity index (χ1) is 13.2. The number of aldehydes is 1. The van der Waals surface area contributed by atoms with Crippen molar-refractivity contribution in [3.8, 4) is 5.75 Å². The molecule has 0 aromatic heterocycles. The van der Waals surface area contributed by atoms with Gasteiger partial charge in [-0.3, -0.25) is 0 Å². The summed E-state index contributed by atoms with van der Waals surface area (Å²) in [5.74, 6) is -0.686. The number of hydrogen-bond acceptors (Lipinski definition) is 7. The van der Waals surface area contributed by atoms with Crippen molar-refractivity contribution < 1.29 is 33.2 Å². The number of methoxy groups -OCH3 is 1. The van der Waals surface area contributed by atoms with Gasteiger partial charge in [0.15, 0.2) is 11.6 Å². The maximum absolute atomic E-state index is 11.3. The van der Waals surface area contributed by atoms with Crippen LogP contribution in [0.25, 0.3) is 0 Å². The fraction of sp³-hybridized carbons (Fsp3) is 0.667. The van der Waals surface area contributed by atoms with E-state index in [0.29, 0.717) is 13.2 Å². The van der Waals surface area contributed by atoms with Crippen LogP contribution in [0.1, 0.15) is 39.7 Å². The molecule has 0 N–H and O–H groups in total. The second kappa shape index (κ2) is 8.47. The molecule has 156 valence electrons. The van der Waals surface area contributed by atoms with Gasteiger partial charge in [0.25, 0.3) is 0 Å². The smallest absolute Gasteiger partial charge is 0.164 e. The van der Waals surface area contributed by atoms with Crippen molar-refractivity contribution in [2.24, 2.45) is 0 Å². The third kappa shape index (κ3) is 5.10. The summed E-state index contributed by atoms with van der Waals surface area (Å²) in [6, 6.07) is 7.61.